The Bertz CT molecular complexity index is 717. The van der Waals surface area contributed by atoms with Crippen LogP contribution in [-0.2, 0) is 6.42 Å². The van der Waals surface area contributed by atoms with Crippen LogP contribution in [0.3, 0.4) is 0 Å². The van der Waals surface area contributed by atoms with Crippen LogP contribution in [0, 0.1) is 18.3 Å². The molecule has 5 heteroatoms. The number of nitrogen functional groups attached to an aromatic ring is 1. The quantitative estimate of drug-likeness (QED) is 0.895. The van der Waals surface area contributed by atoms with Crippen LogP contribution in [0.4, 0.5) is 5.82 Å². The first-order chi connectivity index (χ1) is 9.49. The standard InChI is InChI=1S/C15H13Cl2N3/c1-3-13-8(2)14(11(7-18)15(19)20-13)10-5-4-9(16)6-12(10)17/h4-6H,3H2,1-2H3,(H2,19,20). The van der Waals surface area contributed by atoms with Crippen molar-refractivity contribution >= 4 is 29.0 Å². The van der Waals surface area contributed by atoms with Gasteiger partial charge in [-0.25, -0.2) is 4.98 Å². The molecule has 3 nitrogen and oxygen atoms in total. The number of nitrogens with zero attached hydrogens (tertiary/aromatic N) is 2. The van der Waals surface area contributed by atoms with Crippen LogP contribution in [-0.4, -0.2) is 4.98 Å². The largest absolute Gasteiger partial charge is 0.383 e. The molecule has 102 valence electrons. The zero-order chi connectivity index (χ0) is 14.9. The average Bonchev–Trinajstić information content (AvgIpc) is 2.41. The third-order valence-corrected chi connectivity index (χ3v) is 3.76. The Kier molecular flexibility index (Phi) is 4.17. The predicted molar refractivity (Wildman–Crippen MR) is 82.9 cm³/mol. The van der Waals surface area contributed by atoms with Crippen LogP contribution in [0.25, 0.3) is 11.1 Å². The van der Waals surface area contributed by atoms with Crippen molar-refractivity contribution < 1.29 is 0 Å². The lowest BCUT2D eigenvalue weighted by Gasteiger charge is -2.15. The van der Waals surface area contributed by atoms with Gasteiger partial charge in [0.15, 0.2) is 0 Å². The van der Waals surface area contributed by atoms with Crippen LogP contribution in [0.5, 0.6) is 0 Å². The second kappa shape index (κ2) is 5.70. The molecule has 0 fully saturated rings. The third-order valence-electron chi connectivity index (χ3n) is 3.22. The maximum atomic E-state index is 9.35. The Morgan fingerprint density at radius 1 is 1.35 bits per heavy atom. The Labute approximate surface area is 128 Å². The molecule has 0 saturated heterocycles. The molecule has 1 aromatic heterocycles. The Hall–Kier alpha value is -1.76. The molecule has 2 aromatic rings. The molecule has 0 aliphatic rings. The van der Waals surface area contributed by atoms with E-state index < -0.39 is 0 Å². The number of nitriles is 1. The molecule has 0 atom stereocenters. The van der Waals surface area contributed by atoms with Crippen LogP contribution in [0.15, 0.2) is 18.2 Å². The van der Waals surface area contributed by atoms with Gasteiger partial charge in [0.1, 0.15) is 17.5 Å². The summed E-state index contributed by atoms with van der Waals surface area (Å²) >= 11 is 12.2. The monoisotopic (exact) mass is 305 g/mol. The fourth-order valence-electron chi connectivity index (χ4n) is 2.23. The fraction of sp³-hybridized carbons (Fsp3) is 0.200. The number of rotatable bonds is 2. The average molecular weight is 306 g/mol. The molecule has 0 unspecified atom stereocenters. The fourth-order valence-corrected chi connectivity index (χ4v) is 2.73. The first-order valence-electron chi connectivity index (χ1n) is 6.14. The second-order valence-corrected chi connectivity index (χ2v) is 5.25. The molecule has 0 amide bonds. The molecule has 0 aliphatic carbocycles. The lowest BCUT2D eigenvalue weighted by molar-refractivity contribution is 1.01. The molecule has 20 heavy (non-hydrogen) atoms. The van der Waals surface area contributed by atoms with Crippen molar-refractivity contribution in [3.63, 3.8) is 0 Å². The summed E-state index contributed by atoms with van der Waals surface area (Å²) in [6.07, 6.45) is 0.736. The third kappa shape index (κ3) is 2.45. The van der Waals surface area contributed by atoms with E-state index in [4.69, 9.17) is 28.9 Å². The van der Waals surface area contributed by atoms with Crippen LogP contribution < -0.4 is 5.73 Å². The zero-order valence-electron chi connectivity index (χ0n) is 11.2. The number of hydrogen-bond donors (Lipinski definition) is 1. The lowest BCUT2D eigenvalue weighted by atomic mass is 9.94. The summed E-state index contributed by atoms with van der Waals surface area (Å²) in [5.74, 6) is 0.232. The van der Waals surface area contributed by atoms with Crippen LogP contribution in [0.2, 0.25) is 10.0 Å². The summed E-state index contributed by atoms with van der Waals surface area (Å²) in [4.78, 5) is 4.28. The van der Waals surface area contributed by atoms with Crippen molar-refractivity contribution in [3.8, 4) is 17.2 Å². The van der Waals surface area contributed by atoms with Gasteiger partial charge in [-0.1, -0.05) is 36.2 Å². The van der Waals surface area contributed by atoms with E-state index in [-0.39, 0.29) is 5.82 Å². The van der Waals surface area contributed by atoms with E-state index in [0.29, 0.717) is 15.6 Å². The van der Waals surface area contributed by atoms with Gasteiger partial charge >= 0.3 is 0 Å². The van der Waals surface area contributed by atoms with Gasteiger partial charge in [-0.2, -0.15) is 5.26 Å². The molecule has 1 heterocycles. The Balaban J connectivity index is 2.85. The number of pyridine rings is 1. The number of aromatic nitrogens is 1. The number of anilines is 1. The molecular weight excluding hydrogens is 293 g/mol. The normalized spacial score (nSPS) is 10.3. The highest BCUT2D eigenvalue weighted by molar-refractivity contribution is 6.36. The highest BCUT2D eigenvalue weighted by Gasteiger charge is 2.18. The van der Waals surface area contributed by atoms with Gasteiger partial charge in [-0.05, 0) is 31.0 Å². The first kappa shape index (κ1) is 14.6. The maximum absolute atomic E-state index is 9.35. The van der Waals surface area contributed by atoms with Crippen molar-refractivity contribution in [2.24, 2.45) is 0 Å². The predicted octanol–water partition coefficient (Wildman–Crippen LogP) is 4.38. The molecule has 2 N–H and O–H groups in total. The summed E-state index contributed by atoms with van der Waals surface area (Å²) in [7, 11) is 0. The lowest BCUT2D eigenvalue weighted by Crippen LogP contribution is -2.05. The highest BCUT2D eigenvalue weighted by Crippen LogP contribution is 2.37. The second-order valence-electron chi connectivity index (χ2n) is 4.41. The smallest absolute Gasteiger partial charge is 0.142 e. The highest BCUT2D eigenvalue weighted by atomic mass is 35.5. The van der Waals surface area contributed by atoms with Crippen molar-refractivity contribution in [2.75, 3.05) is 5.73 Å². The molecule has 0 saturated carbocycles. The van der Waals surface area contributed by atoms with Crippen LogP contribution in [0.1, 0.15) is 23.7 Å². The molecule has 1 aromatic carbocycles. The Morgan fingerprint density at radius 3 is 2.60 bits per heavy atom. The maximum Gasteiger partial charge on any atom is 0.142 e. The van der Waals surface area contributed by atoms with E-state index in [1.807, 2.05) is 13.8 Å². The van der Waals surface area contributed by atoms with Crippen molar-refractivity contribution in [1.29, 1.82) is 5.26 Å². The van der Waals surface area contributed by atoms with Gasteiger partial charge < -0.3 is 5.73 Å². The number of benzene rings is 1. The zero-order valence-corrected chi connectivity index (χ0v) is 12.7. The molecule has 0 radical (unpaired) electrons. The SMILES string of the molecule is CCc1nc(N)c(C#N)c(-c2ccc(Cl)cc2Cl)c1C. The summed E-state index contributed by atoms with van der Waals surface area (Å²) in [6.45, 7) is 3.92. The van der Waals surface area contributed by atoms with Crippen molar-refractivity contribution in [3.05, 3.63) is 45.1 Å². The van der Waals surface area contributed by atoms with E-state index >= 15 is 0 Å². The van der Waals surface area contributed by atoms with Gasteiger partial charge in [0.05, 0.1) is 0 Å². The number of hydrogen-bond acceptors (Lipinski definition) is 3. The molecule has 0 aliphatic heterocycles. The van der Waals surface area contributed by atoms with E-state index in [9.17, 15) is 5.26 Å². The Morgan fingerprint density at radius 2 is 2.05 bits per heavy atom. The van der Waals surface area contributed by atoms with E-state index in [1.54, 1.807) is 18.2 Å². The molecule has 0 spiro atoms. The van der Waals surface area contributed by atoms with Crippen molar-refractivity contribution in [1.82, 2.24) is 4.98 Å². The first-order valence-corrected chi connectivity index (χ1v) is 6.89. The summed E-state index contributed by atoms with van der Waals surface area (Å²) in [5, 5.41) is 10.4. The van der Waals surface area contributed by atoms with Gasteiger partial charge in [0.25, 0.3) is 0 Å². The minimum atomic E-state index is 0.232. The van der Waals surface area contributed by atoms with E-state index in [1.165, 1.54) is 0 Å². The van der Waals surface area contributed by atoms with Gasteiger partial charge in [-0.15, -0.1) is 0 Å². The summed E-state index contributed by atoms with van der Waals surface area (Å²) in [6, 6.07) is 7.31. The summed E-state index contributed by atoms with van der Waals surface area (Å²) in [5.41, 5.74) is 9.50. The van der Waals surface area contributed by atoms with E-state index in [0.717, 1.165) is 28.8 Å². The molecular formula is C15H13Cl2N3. The molecule has 0 bridgehead atoms. The van der Waals surface area contributed by atoms with Crippen molar-refractivity contribution in [2.45, 2.75) is 20.3 Å². The van der Waals surface area contributed by atoms with Gasteiger partial charge in [-0.3, -0.25) is 0 Å². The summed E-state index contributed by atoms with van der Waals surface area (Å²) < 4.78 is 0. The van der Waals surface area contributed by atoms with E-state index in [2.05, 4.69) is 11.1 Å². The van der Waals surface area contributed by atoms with Gasteiger partial charge in [0, 0.05) is 26.9 Å². The molecule has 2 rings (SSSR count). The van der Waals surface area contributed by atoms with Gasteiger partial charge in [0.2, 0.25) is 0 Å². The minimum Gasteiger partial charge on any atom is -0.383 e. The van der Waals surface area contributed by atoms with Crippen LogP contribution >= 0.6 is 23.2 Å². The number of nitrogens with two attached hydrogens (primary N) is 1. The number of aryl methyl sites for hydroxylation is 1. The topological polar surface area (TPSA) is 62.7 Å². The minimum absolute atomic E-state index is 0.232. The number of halogens is 2.